The minimum atomic E-state index is -0.808. The number of carbonyl (C=O) groups excluding carboxylic acids is 2. The minimum absolute atomic E-state index is 0.0350. The van der Waals surface area contributed by atoms with E-state index < -0.39 is 18.2 Å². The number of ether oxygens (including phenoxy) is 1. The van der Waals surface area contributed by atoms with Crippen molar-refractivity contribution in [1.82, 2.24) is 5.32 Å². The van der Waals surface area contributed by atoms with Crippen molar-refractivity contribution in [2.75, 3.05) is 6.61 Å². The number of hydrogen-bond acceptors (Lipinski definition) is 5. The second-order valence-corrected chi connectivity index (χ2v) is 19.0. The predicted octanol–water partition coefficient (Wildman–Crippen LogP) is 17.5. The lowest BCUT2D eigenvalue weighted by atomic mass is 10.0. The van der Waals surface area contributed by atoms with Gasteiger partial charge in [0, 0.05) is 6.42 Å². The lowest BCUT2D eigenvalue weighted by molar-refractivity contribution is -0.151. The van der Waals surface area contributed by atoms with Crippen LogP contribution in [0.3, 0.4) is 0 Å². The largest absolute Gasteiger partial charge is 0.462 e. The average molecular weight is 935 g/mol. The molecule has 0 aromatic rings. The number of aliphatic hydroxyl groups is 2. The molecule has 0 aliphatic rings. The van der Waals surface area contributed by atoms with Gasteiger partial charge in [-0.25, -0.2) is 0 Å². The summed E-state index contributed by atoms with van der Waals surface area (Å²) < 4.78 is 5.91. The van der Waals surface area contributed by atoms with Crippen molar-refractivity contribution in [2.24, 2.45) is 0 Å². The highest BCUT2D eigenvalue weighted by Gasteiger charge is 2.24. The first-order chi connectivity index (χ1) is 33.0. The van der Waals surface area contributed by atoms with E-state index in [0.29, 0.717) is 19.3 Å². The Morgan fingerprint density at radius 2 is 0.806 bits per heavy atom. The van der Waals surface area contributed by atoms with E-state index in [1.807, 2.05) is 0 Å². The number of aliphatic hydroxyl groups excluding tert-OH is 2. The van der Waals surface area contributed by atoms with Gasteiger partial charge in [-0.15, -0.1) is 0 Å². The summed E-state index contributed by atoms with van der Waals surface area (Å²) in [4.78, 5) is 26.2. The summed E-state index contributed by atoms with van der Waals surface area (Å²) in [7, 11) is 0. The molecule has 386 valence electrons. The van der Waals surface area contributed by atoms with Crippen LogP contribution in [-0.4, -0.2) is 46.9 Å². The van der Waals surface area contributed by atoms with Crippen molar-refractivity contribution in [3.8, 4) is 0 Å². The SMILES string of the molecule is CC/C=C/C/C=C/C/C=C/CCCCC(CC(=O)NC(CO)C(O)CCCCCCCCCCCCCCCCCCC)OC(=O)CCCCC/C=C\C/C=C\C/C=C\C/C=C\CCCCC. The molecule has 0 radical (unpaired) electrons. The first-order valence-electron chi connectivity index (χ1n) is 28.3. The van der Waals surface area contributed by atoms with Crippen molar-refractivity contribution < 1.29 is 24.5 Å². The molecule has 0 rings (SSSR count). The number of rotatable bonds is 50. The molecule has 3 atom stereocenters. The first kappa shape index (κ1) is 64.0. The van der Waals surface area contributed by atoms with Gasteiger partial charge in [-0.3, -0.25) is 9.59 Å². The molecule has 0 aromatic carbocycles. The number of carbonyl (C=O) groups is 2. The predicted molar refractivity (Wildman–Crippen MR) is 291 cm³/mol. The highest BCUT2D eigenvalue weighted by Crippen LogP contribution is 2.17. The number of esters is 1. The standard InChI is InChI=1S/C61H107NO5/c1-4-7-10-13-16-19-22-25-27-29-30-32-34-36-39-42-45-48-51-54-61(66)67-57(52-49-46-43-40-37-24-21-18-15-12-9-6-3)55-60(65)62-58(56-63)59(64)53-50-47-44-41-38-35-33-31-28-26-23-20-17-14-11-8-5-2/h9,12,16,18-19,21,25,27,30,32,36-37,39-40,57-59,63-64H,4-8,10-11,13-15,17,20,22-24,26,28-29,31,33-35,38,41-56H2,1-3H3,(H,62,65)/b12-9+,19-16-,21-18+,27-25-,32-30-,39-36-,40-37+. The molecule has 0 saturated heterocycles. The molecule has 3 N–H and O–H groups in total. The number of unbranched alkanes of at least 4 members (excludes halogenated alkanes) is 24. The van der Waals surface area contributed by atoms with Gasteiger partial charge in [0.05, 0.1) is 25.2 Å². The second kappa shape index (κ2) is 54.0. The summed E-state index contributed by atoms with van der Waals surface area (Å²) in [6.07, 6.45) is 70.8. The van der Waals surface area contributed by atoms with E-state index in [1.165, 1.54) is 116 Å². The normalized spacial score (nSPS) is 13.8. The minimum Gasteiger partial charge on any atom is -0.462 e. The van der Waals surface area contributed by atoms with E-state index in [-0.39, 0.29) is 24.9 Å². The Labute approximate surface area is 414 Å². The van der Waals surface area contributed by atoms with Gasteiger partial charge in [-0.2, -0.15) is 0 Å². The molecule has 0 spiro atoms. The van der Waals surface area contributed by atoms with Crippen molar-refractivity contribution >= 4 is 11.9 Å². The summed E-state index contributed by atoms with van der Waals surface area (Å²) in [5.41, 5.74) is 0. The maximum absolute atomic E-state index is 13.2. The summed E-state index contributed by atoms with van der Waals surface area (Å²) >= 11 is 0. The van der Waals surface area contributed by atoms with Crippen molar-refractivity contribution in [3.05, 3.63) is 85.1 Å². The third kappa shape index (κ3) is 49.3. The molecule has 0 aliphatic heterocycles. The van der Waals surface area contributed by atoms with E-state index in [0.717, 1.165) is 103 Å². The van der Waals surface area contributed by atoms with Gasteiger partial charge in [-0.1, -0.05) is 234 Å². The highest BCUT2D eigenvalue weighted by molar-refractivity contribution is 5.77. The lowest BCUT2D eigenvalue weighted by Gasteiger charge is -2.24. The molecule has 0 saturated carbocycles. The summed E-state index contributed by atoms with van der Waals surface area (Å²) in [5, 5.41) is 23.8. The van der Waals surface area contributed by atoms with Crippen LogP contribution in [0.4, 0.5) is 0 Å². The molecule has 6 nitrogen and oxygen atoms in total. The zero-order valence-corrected chi connectivity index (χ0v) is 44.0. The fourth-order valence-corrected chi connectivity index (χ4v) is 8.19. The molecular weight excluding hydrogens is 827 g/mol. The maximum atomic E-state index is 13.2. The summed E-state index contributed by atoms with van der Waals surface area (Å²) in [6.45, 7) is 6.34. The van der Waals surface area contributed by atoms with Gasteiger partial charge in [0.2, 0.25) is 5.91 Å². The van der Waals surface area contributed by atoms with Crippen molar-refractivity contribution in [2.45, 2.75) is 283 Å². The van der Waals surface area contributed by atoms with E-state index >= 15 is 0 Å². The topological polar surface area (TPSA) is 95.9 Å². The lowest BCUT2D eigenvalue weighted by Crippen LogP contribution is -2.46. The molecule has 6 heteroatoms. The molecule has 0 bridgehead atoms. The Hall–Kier alpha value is -2.96. The maximum Gasteiger partial charge on any atom is 0.306 e. The van der Waals surface area contributed by atoms with Gasteiger partial charge in [0.15, 0.2) is 0 Å². The molecule has 0 aliphatic carbocycles. The van der Waals surface area contributed by atoms with Gasteiger partial charge >= 0.3 is 5.97 Å². The smallest absolute Gasteiger partial charge is 0.306 e. The van der Waals surface area contributed by atoms with Crippen molar-refractivity contribution in [1.29, 1.82) is 0 Å². The van der Waals surface area contributed by atoms with Crippen LogP contribution in [0.15, 0.2) is 85.1 Å². The number of nitrogens with one attached hydrogen (secondary N) is 1. The third-order valence-corrected chi connectivity index (χ3v) is 12.5. The second-order valence-electron chi connectivity index (χ2n) is 19.0. The van der Waals surface area contributed by atoms with Crippen LogP contribution in [0.25, 0.3) is 0 Å². The summed E-state index contributed by atoms with van der Waals surface area (Å²) in [5.74, 6) is -0.550. The average Bonchev–Trinajstić information content (AvgIpc) is 3.32. The van der Waals surface area contributed by atoms with Crippen LogP contribution in [-0.2, 0) is 14.3 Å². The highest BCUT2D eigenvalue weighted by atomic mass is 16.5. The molecule has 1 amide bonds. The number of amides is 1. The molecule has 67 heavy (non-hydrogen) atoms. The quantitative estimate of drug-likeness (QED) is 0.0321. The van der Waals surface area contributed by atoms with Gasteiger partial charge < -0.3 is 20.3 Å². The Kier molecular flexibility index (Phi) is 51.6. The zero-order chi connectivity index (χ0) is 48.8. The van der Waals surface area contributed by atoms with Crippen LogP contribution in [0.1, 0.15) is 265 Å². The molecule has 0 heterocycles. The number of allylic oxidation sites excluding steroid dienone is 14. The molecular formula is C61H107NO5. The van der Waals surface area contributed by atoms with Gasteiger partial charge in [0.1, 0.15) is 6.10 Å². The van der Waals surface area contributed by atoms with E-state index in [2.05, 4.69) is 111 Å². The summed E-state index contributed by atoms with van der Waals surface area (Å²) in [6, 6.07) is -0.726. The van der Waals surface area contributed by atoms with Gasteiger partial charge in [0.25, 0.3) is 0 Å². The van der Waals surface area contributed by atoms with Crippen LogP contribution in [0, 0.1) is 0 Å². The van der Waals surface area contributed by atoms with E-state index in [9.17, 15) is 19.8 Å². The first-order valence-corrected chi connectivity index (χ1v) is 28.3. The molecule has 0 aromatic heterocycles. The fourth-order valence-electron chi connectivity index (χ4n) is 8.19. The van der Waals surface area contributed by atoms with Gasteiger partial charge in [-0.05, 0) is 103 Å². The third-order valence-electron chi connectivity index (χ3n) is 12.5. The van der Waals surface area contributed by atoms with Crippen LogP contribution in [0.5, 0.6) is 0 Å². The zero-order valence-electron chi connectivity index (χ0n) is 44.0. The monoisotopic (exact) mass is 934 g/mol. The van der Waals surface area contributed by atoms with E-state index in [1.54, 1.807) is 0 Å². The molecule has 0 fully saturated rings. The van der Waals surface area contributed by atoms with Crippen LogP contribution in [0.2, 0.25) is 0 Å². The van der Waals surface area contributed by atoms with Crippen LogP contribution < -0.4 is 5.32 Å². The Morgan fingerprint density at radius 1 is 0.448 bits per heavy atom. The Bertz CT molecular complexity index is 1280. The molecule has 3 unspecified atom stereocenters. The Balaban J connectivity index is 4.59. The fraction of sp³-hybridized carbons (Fsp3) is 0.738. The van der Waals surface area contributed by atoms with Crippen molar-refractivity contribution in [3.63, 3.8) is 0 Å². The van der Waals surface area contributed by atoms with Crippen LogP contribution >= 0.6 is 0 Å². The number of hydrogen-bond donors (Lipinski definition) is 3. The van der Waals surface area contributed by atoms with E-state index in [4.69, 9.17) is 4.74 Å². The Morgan fingerprint density at radius 3 is 1.25 bits per heavy atom.